The van der Waals surface area contributed by atoms with Crippen molar-refractivity contribution in [3.05, 3.63) is 34.3 Å². The number of nitrogens with one attached hydrogen (secondary N) is 2. The summed E-state index contributed by atoms with van der Waals surface area (Å²) in [4.78, 5) is 2.47. The topological polar surface area (TPSA) is 27.3 Å². The van der Waals surface area contributed by atoms with Crippen LogP contribution in [0, 0.1) is 0 Å². The van der Waals surface area contributed by atoms with E-state index in [1.54, 1.807) is 0 Å². The van der Waals surface area contributed by atoms with Crippen LogP contribution in [0.2, 0.25) is 0 Å². The monoisotopic (exact) mass is 283 g/mol. The number of rotatable bonds is 3. The van der Waals surface area contributed by atoms with Gasteiger partial charge in [-0.05, 0) is 18.7 Å². The molecule has 0 radical (unpaired) electrons. The average Bonchev–Trinajstić information content (AvgIpc) is 2.34. The number of halogens is 1. The maximum atomic E-state index is 3.62. The number of hydrogen-bond donors (Lipinski definition) is 2. The molecule has 0 spiro atoms. The lowest BCUT2D eigenvalue weighted by atomic mass is 10.1. The van der Waals surface area contributed by atoms with Gasteiger partial charge in [-0.15, -0.1) is 0 Å². The molecule has 1 aromatic rings. The van der Waals surface area contributed by atoms with Crippen molar-refractivity contribution in [3.63, 3.8) is 0 Å². The molecule has 0 bridgehead atoms. The lowest BCUT2D eigenvalue weighted by Gasteiger charge is -2.35. The van der Waals surface area contributed by atoms with Crippen LogP contribution in [0.4, 0.5) is 0 Å². The molecule has 1 aliphatic heterocycles. The molecule has 2 N–H and O–H groups in total. The van der Waals surface area contributed by atoms with E-state index in [1.807, 2.05) is 7.05 Å². The first-order valence-corrected chi connectivity index (χ1v) is 6.48. The zero-order valence-electron chi connectivity index (χ0n) is 9.54. The molecule has 3 nitrogen and oxygen atoms in total. The Kier molecular flexibility index (Phi) is 4.35. The van der Waals surface area contributed by atoms with Crippen molar-refractivity contribution in [3.8, 4) is 0 Å². The largest absolute Gasteiger partial charge is 0.314 e. The molecule has 0 aromatic heterocycles. The van der Waals surface area contributed by atoms with E-state index >= 15 is 0 Å². The van der Waals surface area contributed by atoms with Crippen LogP contribution in [0.5, 0.6) is 0 Å². The van der Waals surface area contributed by atoms with Crippen LogP contribution in [-0.4, -0.2) is 38.1 Å². The van der Waals surface area contributed by atoms with Crippen LogP contribution in [0.25, 0.3) is 0 Å². The molecular weight excluding hydrogens is 266 g/mol. The van der Waals surface area contributed by atoms with Gasteiger partial charge in [0.15, 0.2) is 0 Å². The highest BCUT2D eigenvalue weighted by molar-refractivity contribution is 9.10. The lowest BCUT2D eigenvalue weighted by Crippen LogP contribution is -2.48. The highest BCUT2D eigenvalue weighted by Crippen LogP contribution is 2.25. The molecule has 4 heteroatoms. The van der Waals surface area contributed by atoms with Gasteiger partial charge in [0.1, 0.15) is 0 Å². The molecule has 1 atom stereocenters. The van der Waals surface area contributed by atoms with Gasteiger partial charge in [0, 0.05) is 30.7 Å². The number of nitrogens with zero attached hydrogens (tertiary/aromatic N) is 1. The van der Waals surface area contributed by atoms with Gasteiger partial charge in [-0.3, -0.25) is 4.90 Å². The SMILES string of the molecule is CNC(c1ccccc1Br)N1CCNCC1. The predicted molar refractivity (Wildman–Crippen MR) is 70.4 cm³/mol. The molecule has 1 saturated heterocycles. The molecular formula is C12H18BrN3. The van der Waals surface area contributed by atoms with Crippen molar-refractivity contribution < 1.29 is 0 Å². The van der Waals surface area contributed by atoms with E-state index in [4.69, 9.17) is 0 Å². The molecule has 0 aliphatic carbocycles. The van der Waals surface area contributed by atoms with E-state index in [0.717, 1.165) is 26.2 Å². The van der Waals surface area contributed by atoms with Crippen molar-refractivity contribution >= 4 is 15.9 Å². The van der Waals surface area contributed by atoms with Gasteiger partial charge < -0.3 is 10.6 Å². The third kappa shape index (κ3) is 2.63. The Morgan fingerprint density at radius 1 is 1.31 bits per heavy atom. The smallest absolute Gasteiger partial charge is 0.0870 e. The van der Waals surface area contributed by atoms with Gasteiger partial charge in [-0.1, -0.05) is 34.1 Å². The summed E-state index contributed by atoms with van der Waals surface area (Å²) in [6.45, 7) is 4.32. The van der Waals surface area contributed by atoms with Crippen molar-refractivity contribution in [2.75, 3.05) is 33.2 Å². The fourth-order valence-corrected chi connectivity index (χ4v) is 2.67. The first kappa shape index (κ1) is 12.0. The van der Waals surface area contributed by atoms with Crippen LogP contribution in [0.15, 0.2) is 28.7 Å². The van der Waals surface area contributed by atoms with Gasteiger partial charge >= 0.3 is 0 Å². The minimum Gasteiger partial charge on any atom is -0.314 e. The summed E-state index contributed by atoms with van der Waals surface area (Å²) in [5.41, 5.74) is 1.31. The number of piperazine rings is 1. The summed E-state index contributed by atoms with van der Waals surface area (Å²) in [5.74, 6) is 0. The Morgan fingerprint density at radius 3 is 2.62 bits per heavy atom. The van der Waals surface area contributed by atoms with E-state index in [2.05, 4.69) is 55.7 Å². The second-order valence-electron chi connectivity index (χ2n) is 4.00. The van der Waals surface area contributed by atoms with Crippen molar-refractivity contribution in [1.29, 1.82) is 0 Å². The normalized spacial score (nSPS) is 19.6. The summed E-state index contributed by atoms with van der Waals surface area (Å²) < 4.78 is 1.17. The van der Waals surface area contributed by atoms with E-state index < -0.39 is 0 Å². The molecule has 0 saturated carbocycles. The fourth-order valence-electron chi connectivity index (χ4n) is 2.17. The second-order valence-corrected chi connectivity index (χ2v) is 4.85. The lowest BCUT2D eigenvalue weighted by molar-refractivity contribution is 0.152. The standard InChI is InChI=1S/C12H18BrN3/c1-14-12(16-8-6-15-7-9-16)10-4-2-3-5-11(10)13/h2-5,12,14-15H,6-9H2,1H3. The minimum atomic E-state index is 0.303. The van der Waals surface area contributed by atoms with Gasteiger partial charge in [0.2, 0.25) is 0 Å². The molecule has 88 valence electrons. The van der Waals surface area contributed by atoms with Crippen LogP contribution in [0.1, 0.15) is 11.7 Å². The molecule has 16 heavy (non-hydrogen) atoms. The Labute approximate surface area is 105 Å². The van der Waals surface area contributed by atoms with Crippen LogP contribution >= 0.6 is 15.9 Å². The Bertz CT molecular complexity index is 337. The van der Waals surface area contributed by atoms with Crippen LogP contribution in [-0.2, 0) is 0 Å². The quantitative estimate of drug-likeness (QED) is 0.882. The minimum absolute atomic E-state index is 0.303. The zero-order chi connectivity index (χ0) is 11.4. The number of benzene rings is 1. The summed E-state index contributed by atoms with van der Waals surface area (Å²) >= 11 is 3.62. The summed E-state index contributed by atoms with van der Waals surface area (Å²) in [7, 11) is 2.02. The Balaban J connectivity index is 2.18. The molecule has 1 aromatic carbocycles. The van der Waals surface area contributed by atoms with E-state index in [-0.39, 0.29) is 0 Å². The van der Waals surface area contributed by atoms with Gasteiger partial charge in [0.05, 0.1) is 6.17 Å². The highest BCUT2D eigenvalue weighted by atomic mass is 79.9. The highest BCUT2D eigenvalue weighted by Gasteiger charge is 2.21. The van der Waals surface area contributed by atoms with Gasteiger partial charge in [-0.2, -0.15) is 0 Å². The molecule has 0 amide bonds. The third-order valence-electron chi connectivity index (χ3n) is 2.99. The Morgan fingerprint density at radius 2 is 2.00 bits per heavy atom. The molecule has 1 aliphatic rings. The first-order chi connectivity index (χ1) is 7.83. The summed E-state index contributed by atoms with van der Waals surface area (Å²) in [6, 6.07) is 8.42. The second kappa shape index (κ2) is 5.77. The first-order valence-electron chi connectivity index (χ1n) is 5.69. The average molecular weight is 284 g/mol. The summed E-state index contributed by atoms with van der Waals surface area (Å²) in [5, 5.41) is 6.78. The van der Waals surface area contributed by atoms with E-state index in [1.165, 1.54) is 10.0 Å². The van der Waals surface area contributed by atoms with Gasteiger partial charge in [0.25, 0.3) is 0 Å². The third-order valence-corrected chi connectivity index (χ3v) is 3.71. The van der Waals surface area contributed by atoms with E-state index in [9.17, 15) is 0 Å². The van der Waals surface area contributed by atoms with Crippen molar-refractivity contribution in [1.82, 2.24) is 15.5 Å². The van der Waals surface area contributed by atoms with Gasteiger partial charge in [-0.25, -0.2) is 0 Å². The Hall–Kier alpha value is -0.420. The maximum absolute atomic E-state index is 3.62. The number of hydrogen-bond acceptors (Lipinski definition) is 3. The summed E-state index contributed by atoms with van der Waals surface area (Å²) in [6.07, 6.45) is 0.303. The van der Waals surface area contributed by atoms with E-state index in [0.29, 0.717) is 6.17 Å². The molecule has 1 unspecified atom stereocenters. The van der Waals surface area contributed by atoms with Crippen molar-refractivity contribution in [2.45, 2.75) is 6.17 Å². The molecule has 1 heterocycles. The predicted octanol–water partition coefficient (Wildman–Crippen LogP) is 1.57. The zero-order valence-corrected chi connectivity index (χ0v) is 11.1. The van der Waals surface area contributed by atoms with Crippen molar-refractivity contribution in [2.24, 2.45) is 0 Å². The fraction of sp³-hybridized carbons (Fsp3) is 0.500. The van der Waals surface area contributed by atoms with Crippen LogP contribution in [0.3, 0.4) is 0 Å². The maximum Gasteiger partial charge on any atom is 0.0870 e. The molecule has 1 fully saturated rings. The molecule has 2 rings (SSSR count). The van der Waals surface area contributed by atoms with Crippen LogP contribution < -0.4 is 10.6 Å².